The van der Waals surface area contributed by atoms with Crippen LogP contribution in [-0.4, -0.2) is 28.6 Å². The Morgan fingerprint density at radius 3 is 2.42 bits per heavy atom. The average Bonchev–Trinajstić information content (AvgIpc) is 2.54. The maximum atomic E-state index is 12.6. The third kappa shape index (κ3) is 3.92. The molecule has 1 N–H and O–H groups in total. The van der Waals surface area contributed by atoms with E-state index in [0.29, 0.717) is 10.8 Å². The van der Waals surface area contributed by atoms with Crippen LogP contribution in [0.2, 0.25) is 10.0 Å². The van der Waals surface area contributed by atoms with Crippen LogP contribution in [0.15, 0.2) is 41.3 Å². The molecular formula is C15H13Cl2NO5S. The van der Waals surface area contributed by atoms with Crippen LogP contribution < -0.4 is 9.46 Å². The van der Waals surface area contributed by atoms with Crippen molar-refractivity contribution in [2.45, 2.75) is 4.90 Å². The maximum absolute atomic E-state index is 12.6. The lowest BCUT2D eigenvalue weighted by Crippen LogP contribution is -2.15. The molecule has 24 heavy (non-hydrogen) atoms. The lowest BCUT2D eigenvalue weighted by molar-refractivity contribution is 0.0600. The Labute approximate surface area is 149 Å². The first-order valence-electron chi connectivity index (χ1n) is 6.52. The van der Waals surface area contributed by atoms with Gasteiger partial charge in [-0.3, -0.25) is 4.72 Å². The van der Waals surface area contributed by atoms with Crippen molar-refractivity contribution in [1.29, 1.82) is 0 Å². The minimum Gasteiger partial charge on any atom is -0.495 e. The highest BCUT2D eigenvalue weighted by atomic mass is 35.5. The second kappa shape index (κ2) is 7.29. The summed E-state index contributed by atoms with van der Waals surface area (Å²) in [6, 6.07) is 8.21. The van der Waals surface area contributed by atoms with Gasteiger partial charge < -0.3 is 9.47 Å². The number of anilines is 1. The van der Waals surface area contributed by atoms with E-state index >= 15 is 0 Å². The molecule has 2 aromatic rings. The van der Waals surface area contributed by atoms with E-state index in [1.54, 1.807) is 6.07 Å². The molecule has 0 aliphatic carbocycles. The summed E-state index contributed by atoms with van der Waals surface area (Å²) >= 11 is 11.8. The average molecular weight is 390 g/mol. The standard InChI is InChI=1S/C15H13Cl2NO5S/c1-22-14-6-3-9(16)7-13(14)18-24(20,21)10-4-5-12(17)11(8-10)15(19)23-2/h3-8,18H,1-2H3. The molecule has 0 radical (unpaired) electrons. The number of rotatable bonds is 5. The predicted molar refractivity (Wildman–Crippen MR) is 91.6 cm³/mol. The van der Waals surface area contributed by atoms with Gasteiger partial charge in [-0.2, -0.15) is 0 Å². The van der Waals surface area contributed by atoms with Crippen molar-refractivity contribution in [1.82, 2.24) is 0 Å². The van der Waals surface area contributed by atoms with Crippen molar-refractivity contribution in [3.63, 3.8) is 0 Å². The molecular weight excluding hydrogens is 377 g/mol. The van der Waals surface area contributed by atoms with Gasteiger partial charge in [-0.15, -0.1) is 0 Å². The SMILES string of the molecule is COC(=O)c1cc(S(=O)(=O)Nc2cc(Cl)ccc2OC)ccc1Cl. The van der Waals surface area contributed by atoms with Crippen LogP contribution in [-0.2, 0) is 14.8 Å². The van der Waals surface area contributed by atoms with E-state index in [9.17, 15) is 13.2 Å². The number of methoxy groups -OCH3 is 2. The molecule has 2 aromatic carbocycles. The van der Waals surface area contributed by atoms with Gasteiger partial charge in [0.25, 0.3) is 10.0 Å². The van der Waals surface area contributed by atoms with E-state index in [1.807, 2.05) is 0 Å². The molecule has 0 atom stereocenters. The van der Waals surface area contributed by atoms with Crippen molar-refractivity contribution >= 4 is 44.9 Å². The van der Waals surface area contributed by atoms with Crippen molar-refractivity contribution in [3.8, 4) is 5.75 Å². The highest BCUT2D eigenvalue weighted by Crippen LogP contribution is 2.30. The van der Waals surface area contributed by atoms with Crippen LogP contribution in [0.5, 0.6) is 5.75 Å². The Bertz CT molecular complexity index is 883. The van der Waals surface area contributed by atoms with Crippen LogP contribution in [0.25, 0.3) is 0 Å². The molecule has 0 spiro atoms. The fraction of sp³-hybridized carbons (Fsp3) is 0.133. The first-order chi connectivity index (χ1) is 11.3. The molecule has 0 amide bonds. The van der Waals surface area contributed by atoms with Crippen molar-refractivity contribution in [2.24, 2.45) is 0 Å². The van der Waals surface area contributed by atoms with Gasteiger partial charge >= 0.3 is 5.97 Å². The van der Waals surface area contributed by atoms with Gasteiger partial charge in [-0.1, -0.05) is 23.2 Å². The molecule has 0 unspecified atom stereocenters. The van der Waals surface area contributed by atoms with E-state index < -0.39 is 16.0 Å². The van der Waals surface area contributed by atoms with Gasteiger partial charge in [0.05, 0.1) is 35.4 Å². The van der Waals surface area contributed by atoms with E-state index in [-0.39, 0.29) is 21.2 Å². The minimum atomic E-state index is -4.00. The van der Waals surface area contributed by atoms with Crippen molar-refractivity contribution < 1.29 is 22.7 Å². The number of sulfonamides is 1. The minimum absolute atomic E-state index is 0.0555. The number of halogens is 2. The number of carbonyl (C=O) groups excluding carboxylic acids is 1. The molecule has 0 aliphatic rings. The molecule has 0 aliphatic heterocycles. The van der Waals surface area contributed by atoms with E-state index in [0.717, 1.165) is 6.07 Å². The molecule has 9 heteroatoms. The zero-order chi connectivity index (χ0) is 17.9. The van der Waals surface area contributed by atoms with E-state index in [2.05, 4.69) is 9.46 Å². The van der Waals surface area contributed by atoms with Crippen LogP contribution in [0.4, 0.5) is 5.69 Å². The topological polar surface area (TPSA) is 81.7 Å². The molecule has 0 aromatic heterocycles. The van der Waals surface area contributed by atoms with Crippen molar-refractivity contribution in [3.05, 3.63) is 52.0 Å². The summed E-state index contributed by atoms with van der Waals surface area (Å²) in [5.41, 5.74) is 0.111. The van der Waals surface area contributed by atoms with E-state index in [4.69, 9.17) is 27.9 Å². The van der Waals surface area contributed by atoms with Crippen molar-refractivity contribution in [2.75, 3.05) is 18.9 Å². The predicted octanol–water partition coefficient (Wildman–Crippen LogP) is 3.59. The van der Waals surface area contributed by atoms with Gasteiger partial charge in [-0.05, 0) is 36.4 Å². The Morgan fingerprint density at radius 2 is 1.79 bits per heavy atom. The fourth-order valence-electron chi connectivity index (χ4n) is 1.90. The summed E-state index contributed by atoms with van der Waals surface area (Å²) in [6.07, 6.45) is 0. The lowest BCUT2D eigenvalue weighted by Gasteiger charge is -2.13. The molecule has 2 rings (SSSR count). The molecule has 0 fully saturated rings. The lowest BCUT2D eigenvalue weighted by atomic mass is 10.2. The molecule has 0 bridgehead atoms. The summed E-state index contributed by atoms with van der Waals surface area (Å²) in [5.74, 6) is -0.442. The second-order valence-electron chi connectivity index (χ2n) is 4.58. The molecule has 0 saturated heterocycles. The molecule has 128 valence electrons. The summed E-state index contributed by atoms with van der Waals surface area (Å²) in [5, 5.41) is 0.418. The van der Waals surface area contributed by atoms with Gasteiger partial charge in [-0.25, -0.2) is 13.2 Å². The van der Waals surface area contributed by atoms with Crippen LogP contribution in [0, 0.1) is 0 Å². The quantitative estimate of drug-likeness (QED) is 0.790. The number of hydrogen-bond acceptors (Lipinski definition) is 5. The molecule has 0 heterocycles. The van der Waals surface area contributed by atoms with Gasteiger partial charge in [0.2, 0.25) is 0 Å². The monoisotopic (exact) mass is 389 g/mol. The number of benzene rings is 2. The molecule has 6 nitrogen and oxygen atoms in total. The normalized spacial score (nSPS) is 11.0. The summed E-state index contributed by atoms with van der Waals surface area (Å²) in [6.45, 7) is 0. The molecule has 0 saturated carbocycles. The smallest absolute Gasteiger partial charge is 0.339 e. The van der Waals surface area contributed by atoms with Crippen LogP contribution in [0.3, 0.4) is 0 Å². The largest absolute Gasteiger partial charge is 0.495 e. The van der Waals surface area contributed by atoms with Crippen LogP contribution >= 0.6 is 23.2 Å². The zero-order valence-corrected chi connectivity index (χ0v) is 15.0. The second-order valence-corrected chi connectivity index (χ2v) is 7.11. The zero-order valence-electron chi connectivity index (χ0n) is 12.7. The first-order valence-corrected chi connectivity index (χ1v) is 8.76. The van der Waals surface area contributed by atoms with Gasteiger partial charge in [0.1, 0.15) is 5.75 Å². The number of hydrogen-bond donors (Lipinski definition) is 1. The maximum Gasteiger partial charge on any atom is 0.339 e. The number of nitrogens with one attached hydrogen (secondary N) is 1. The summed E-state index contributed by atoms with van der Waals surface area (Å²) in [4.78, 5) is 11.5. The Kier molecular flexibility index (Phi) is 5.58. The highest BCUT2D eigenvalue weighted by molar-refractivity contribution is 7.92. The van der Waals surface area contributed by atoms with Gasteiger partial charge in [0.15, 0.2) is 0 Å². The number of esters is 1. The Morgan fingerprint density at radius 1 is 1.08 bits per heavy atom. The van der Waals surface area contributed by atoms with E-state index in [1.165, 1.54) is 38.5 Å². The fourth-order valence-corrected chi connectivity index (χ4v) is 3.36. The van der Waals surface area contributed by atoms with Gasteiger partial charge in [0, 0.05) is 5.02 Å². The summed E-state index contributed by atoms with van der Waals surface area (Å²) in [7, 11) is -1.42. The highest BCUT2D eigenvalue weighted by Gasteiger charge is 2.20. The first kappa shape index (κ1) is 18.4. The third-order valence-corrected chi connectivity index (χ3v) is 4.99. The number of ether oxygens (including phenoxy) is 2. The number of carbonyl (C=O) groups is 1. The Hall–Kier alpha value is -1.96. The van der Waals surface area contributed by atoms with Crippen LogP contribution in [0.1, 0.15) is 10.4 Å². The third-order valence-electron chi connectivity index (χ3n) is 3.06. The Balaban J connectivity index is 2.45. The summed E-state index contributed by atoms with van der Waals surface area (Å²) < 4.78 is 37.1.